The predicted molar refractivity (Wildman–Crippen MR) is 110 cm³/mol. The molecule has 0 saturated carbocycles. The van der Waals surface area contributed by atoms with Crippen LogP contribution in [0.4, 0.5) is 5.69 Å². The summed E-state index contributed by atoms with van der Waals surface area (Å²) in [6.45, 7) is 11.0. The van der Waals surface area contributed by atoms with Crippen LogP contribution in [0.5, 0.6) is 0 Å². The Labute approximate surface area is 176 Å². The van der Waals surface area contributed by atoms with Gasteiger partial charge in [-0.15, -0.1) is 0 Å². The van der Waals surface area contributed by atoms with E-state index >= 15 is 0 Å². The summed E-state index contributed by atoms with van der Waals surface area (Å²) in [5, 5.41) is 10.8. The van der Waals surface area contributed by atoms with Gasteiger partial charge in [-0.25, -0.2) is 4.79 Å². The molecule has 0 aliphatic carbocycles. The molecule has 5 atom stereocenters. The van der Waals surface area contributed by atoms with Gasteiger partial charge in [0.1, 0.15) is 18.3 Å². The van der Waals surface area contributed by atoms with Crippen molar-refractivity contribution in [3.8, 4) is 0 Å². The molecule has 2 aliphatic heterocycles. The summed E-state index contributed by atoms with van der Waals surface area (Å²) in [5.41, 5.74) is 0.123. The molecule has 0 bridgehead atoms. The lowest BCUT2D eigenvalue weighted by atomic mass is 10.0. The Morgan fingerprint density at radius 1 is 1.17 bits per heavy atom. The molecule has 2 fully saturated rings. The maximum absolute atomic E-state index is 12.6. The molecule has 0 spiro atoms. The second-order valence-corrected chi connectivity index (χ2v) is 13.9. The quantitative estimate of drug-likeness (QED) is 0.209. The third kappa shape index (κ3) is 4.73. The number of benzene rings is 1. The first kappa shape index (κ1) is 22.8. The molecule has 9 nitrogen and oxygen atoms in total. The van der Waals surface area contributed by atoms with E-state index in [1.807, 2.05) is 0 Å². The molecule has 2 saturated heterocycles. The minimum atomic E-state index is -2.05. The van der Waals surface area contributed by atoms with Crippen LogP contribution in [0, 0.1) is 10.1 Å². The first-order valence-corrected chi connectivity index (χ1v) is 12.8. The van der Waals surface area contributed by atoms with Crippen LogP contribution in [0.1, 0.15) is 31.1 Å². The third-order valence-corrected chi connectivity index (χ3v) is 10.5. The fraction of sp³-hybridized carbons (Fsp3) is 0.650. The zero-order valence-corrected chi connectivity index (χ0v) is 19.1. The minimum absolute atomic E-state index is 0.0197. The average molecular weight is 440 g/mol. The van der Waals surface area contributed by atoms with Crippen molar-refractivity contribution in [3.05, 3.63) is 39.9 Å². The van der Waals surface area contributed by atoms with E-state index in [-0.39, 0.29) is 35.1 Å². The SMILES string of the molecule is CO[C@@H]1O[C@H](CO[Si](C)(C)C(C)(C)C)[C@H](OC(=O)c2ccc([N+](=O)[O-])cc2)[C@H]2O[C@@H]12. The van der Waals surface area contributed by atoms with Gasteiger partial charge in [0.05, 0.1) is 17.1 Å². The third-order valence-electron chi connectivity index (χ3n) is 6.03. The molecule has 10 heteroatoms. The molecule has 30 heavy (non-hydrogen) atoms. The van der Waals surface area contributed by atoms with Crippen LogP contribution in [-0.2, 0) is 23.4 Å². The van der Waals surface area contributed by atoms with Crippen LogP contribution in [0.25, 0.3) is 0 Å². The lowest BCUT2D eigenvalue weighted by molar-refractivity contribution is -0.384. The van der Waals surface area contributed by atoms with Gasteiger partial charge >= 0.3 is 5.97 Å². The van der Waals surface area contributed by atoms with Gasteiger partial charge in [-0.3, -0.25) is 10.1 Å². The van der Waals surface area contributed by atoms with E-state index in [4.69, 9.17) is 23.4 Å². The predicted octanol–water partition coefficient (Wildman–Crippen LogP) is 3.28. The zero-order chi connectivity index (χ0) is 22.3. The van der Waals surface area contributed by atoms with E-state index in [1.165, 1.54) is 24.3 Å². The summed E-state index contributed by atoms with van der Waals surface area (Å²) in [7, 11) is -0.506. The van der Waals surface area contributed by atoms with Crippen molar-refractivity contribution in [3.63, 3.8) is 0 Å². The minimum Gasteiger partial charge on any atom is -0.453 e. The van der Waals surface area contributed by atoms with Crippen molar-refractivity contribution in [2.24, 2.45) is 0 Å². The van der Waals surface area contributed by atoms with Gasteiger partial charge in [0.25, 0.3) is 5.69 Å². The van der Waals surface area contributed by atoms with Crippen molar-refractivity contribution >= 4 is 20.0 Å². The van der Waals surface area contributed by atoms with Crippen LogP contribution in [0.3, 0.4) is 0 Å². The molecule has 0 radical (unpaired) electrons. The fourth-order valence-electron chi connectivity index (χ4n) is 3.04. The van der Waals surface area contributed by atoms with Gasteiger partial charge in [-0.1, -0.05) is 20.8 Å². The molecule has 166 valence electrons. The van der Waals surface area contributed by atoms with Gasteiger partial charge in [0.2, 0.25) is 0 Å². The molecule has 3 rings (SSSR count). The Balaban J connectivity index is 1.72. The number of hydrogen-bond donors (Lipinski definition) is 0. The second-order valence-electron chi connectivity index (χ2n) is 9.09. The molecule has 0 amide bonds. The number of ether oxygens (including phenoxy) is 4. The number of fused-ring (bicyclic) bond motifs is 1. The lowest BCUT2D eigenvalue weighted by Gasteiger charge is -2.39. The highest BCUT2D eigenvalue weighted by Gasteiger charge is 2.60. The number of nitro groups is 1. The molecule has 2 heterocycles. The van der Waals surface area contributed by atoms with Crippen molar-refractivity contribution in [1.29, 1.82) is 0 Å². The first-order valence-electron chi connectivity index (χ1n) is 9.88. The normalized spacial score (nSPS) is 28.5. The van der Waals surface area contributed by atoms with Gasteiger partial charge in [0.15, 0.2) is 20.7 Å². The molecular formula is C20H29NO8Si. The molecular weight excluding hydrogens is 410 g/mol. The van der Waals surface area contributed by atoms with Crippen LogP contribution < -0.4 is 0 Å². The summed E-state index contributed by atoms with van der Waals surface area (Å²) in [4.78, 5) is 22.9. The number of nitrogens with zero attached hydrogens (tertiary/aromatic N) is 1. The highest BCUT2D eigenvalue weighted by Crippen LogP contribution is 2.41. The smallest absolute Gasteiger partial charge is 0.338 e. The lowest BCUT2D eigenvalue weighted by Crippen LogP contribution is -2.52. The molecule has 0 aromatic heterocycles. The number of esters is 1. The Bertz CT molecular complexity index is 791. The van der Waals surface area contributed by atoms with Crippen LogP contribution in [0.2, 0.25) is 18.1 Å². The van der Waals surface area contributed by atoms with Crippen LogP contribution in [0.15, 0.2) is 24.3 Å². The van der Waals surface area contributed by atoms with E-state index in [2.05, 4.69) is 33.9 Å². The van der Waals surface area contributed by atoms with E-state index < -0.39 is 37.7 Å². The Morgan fingerprint density at radius 2 is 1.80 bits per heavy atom. The molecule has 1 aromatic rings. The molecule has 1 aromatic carbocycles. The number of carbonyl (C=O) groups is 1. The summed E-state index contributed by atoms with van der Waals surface area (Å²) in [6, 6.07) is 5.27. The highest BCUT2D eigenvalue weighted by atomic mass is 28.4. The van der Waals surface area contributed by atoms with Crippen LogP contribution >= 0.6 is 0 Å². The van der Waals surface area contributed by atoms with Crippen LogP contribution in [-0.4, -0.2) is 63.6 Å². The maximum atomic E-state index is 12.6. The van der Waals surface area contributed by atoms with Gasteiger partial charge in [-0.2, -0.15) is 0 Å². The standard InChI is InChI=1S/C20H29NO8Si/c1-20(2,3)30(5,6)26-11-14-15(16-17(28-16)19(25-4)27-14)29-18(22)12-7-9-13(10-8-12)21(23)24/h7-10,14-17,19H,11H2,1-6H3/t14-,15+,16-,17-,19-/m1/s1. The van der Waals surface area contributed by atoms with Gasteiger partial charge in [-0.05, 0) is 30.3 Å². The average Bonchev–Trinajstić information content (AvgIpc) is 3.47. The summed E-state index contributed by atoms with van der Waals surface area (Å²) in [6.07, 6.45) is -2.38. The van der Waals surface area contributed by atoms with Gasteiger partial charge in [0, 0.05) is 19.2 Å². The number of carbonyl (C=O) groups excluding carboxylic acids is 1. The highest BCUT2D eigenvalue weighted by molar-refractivity contribution is 6.74. The molecule has 0 N–H and O–H groups in total. The summed E-state index contributed by atoms with van der Waals surface area (Å²) in [5.74, 6) is -0.596. The summed E-state index contributed by atoms with van der Waals surface area (Å²) >= 11 is 0. The fourth-order valence-corrected chi connectivity index (χ4v) is 4.06. The second kappa shape index (κ2) is 8.35. The van der Waals surface area contributed by atoms with E-state index in [0.717, 1.165) is 0 Å². The maximum Gasteiger partial charge on any atom is 0.338 e. The Morgan fingerprint density at radius 3 is 2.33 bits per heavy atom. The molecule has 2 aliphatic rings. The van der Waals surface area contributed by atoms with Crippen molar-refractivity contribution in [2.75, 3.05) is 13.7 Å². The first-order chi connectivity index (χ1) is 13.9. The van der Waals surface area contributed by atoms with Crippen molar-refractivity contribution in [2.45, 2.75) is 69.6 Å². The van der Waals surface area contributed by atoms with E-state index in [9.17, 15) is 14.9 Å². The number of non-ortho nitro benzene ring substituents is 1. The van der Waals surface area contributed by atoms with E-state index in [1.54, 1.807) is 7.11 Å². The zero-order valence-electron chi connectivity index (χ0n) is 18.1. The molecule has 0 unspecified atom stereocenters. The number of hydrogen-bond acceptors (Lipinski definition) is 8. The van der Waals surface area contributed by atoms with Crippen molar-refractivity contribution in [1.82, 2.24) is 0 Å². The number of nitro benzene ring substituents is 1. The van der Waals surface area contributed by atoms with Crippen molar-refractivity contribution < 1.29 is 33.1 Å². The Kier molecular flexibility index (Phi) is 6.35. The largest absolute Gasteiger partial charge is 0.453 e. The van der Waals surface area contributed by atoms with E-state index in [0.29, 0.717) is 0 Å². The number of epoxide rings is 1. The summed E-state index contributed by atoms with van der Waals surface area (Å²) < 4.78 is 29.0. The number of rotatable bonds is 7. The number of methoxy groups -OCH3 is 1. The Hall–Kier alpha value is -1.85. The van der Waals surface area contributed by atoms with Gasteiger partial charge < -0.3 is 23.4 Å². The monoisotopic (exact) mass is 439 g/mol. The topological polar surface area (TPSA) is 110 Å².